The summed E-state index contributed by atoms with van der Waals surface area (Å²) < 4.78 is 13.3. The molecule has 6 heteroatoms. The van der Waals surface area contributed by atoms with Crippen molar-refractivity contribution in [3.63, 3.8) is 0 Å². The minimum atomic E-state index is -0.438. The van der Waals surface area contributed by atoms with Gasteiger partial charge in [-0.15, -0.1) is 11.3 Å². The number of nitrogens with zero attached hydrogens (tertiary/aromatic N) is 2. The normalized spacial score (nSPS) is 10.4. The van der Waals surface area contributed by atoms with E-state index in [1.165, 1.54) is 12.3 Å². The molecule has 0 saturated heterocycles. The van der Waals surface area contributed by atoms with Crippen molar-refractivity contribution in [1.29, 1.82) is 0 Å². The Balaban J connectivity index is 1.90. The van der Waals surface area contributed by atoms with E-state index >= 15 is 0 Å². The fourth-order valence-corrected chi connectivity index (χ4v) is 1.97. The van der Waals surface area contributed by atoms with Crippen molar-refractivity contribution in [2.24, 2.45) is 0 Å². The topological polar surface area (TPSA) is 37.8 Å². The molecule has 84 valence electrons. The number of pyridine rings is 1. The first-order valence-corrected chi connectivity index (χ1v) is 5.95. The summed E-state index contributed by atoms with van der Waals surface area (Å²) in [5.41, 5.74) is 0. The van der Waals surface area contributed by atoms with Crippen LogP contribution in [-0.4, -0.2) is 16.5 Å². The predicted molar refractivity (Wildman–Crippen MR) is 63.5 cm³/mol. The Labute approximate surface area is 101 Å². The number of nitrogens with one attached hydrogen (secondary N) is 1. The summed E-state index contributed by atoms with van der Waals surface area (Å²) >= 11 is 7.17. The fourth-order valence-electron chi connectivity index (χ4n) is 1.21. The number of anilines is 1. The van der Waals surface area contributed by atoms with Crippen molar-refractivity contribution < 1.29 is 4.39 Å². The molecule has 16 heavy (non-hydrogen) atoms. The smallest absolute Gasteiger partial charge is 0.166 e. The molecule has 3 nitrogen and oxygen atoms in total. The molecule has 2 aromatic heterocycles. The van der Waals surface area contributed by atoms with Crippen LogP contribution in [0.2, 0.25) is 5.02 Å². The molecule has 1 N–H and O–H groups in total. The number of aromatic nitrogens is 2. The Morgan fingerprint density at radius 3 is 3.00 bits per heavy atom. The van der Waals surface area contributed by atoms with Gasteiger partial charge >= 0.3 is 0 Å². The maximum Gasteiger partial charge on any atom is 0.166 e. The molecule has 0 saturated carbocycles. The van der Waals surface area contributed by atoms with Gasteiger partial charge in [0.25, 0.3) is 0 Å². The quantitative estimate of drug-likeness (QED) is 0.915. The minimum Gasteiger partial charge on any atom is -0.367 e. The van der Waals surface area contributed by atoms with Crippen molar-refractivity contribution >= 4 is 28.8 Å². The Hall–Kier alpha value is -1.20. The van der Waals surface area contributed by atoms with E-state index in [9.17, 15) is 4.39 Å². The molecule has 0 unspecified atom stereocenters. The van der Waals surface area contributed by atoms with Gasteiger partial charge in [0.05, 0.1) is 10.0 Å². The highest BCUT2D eigenvalue weighted by molar-refractivity contribution is 7.09. The van der Waals surface area contributed by atoms with Crippen LogP contribution >= 0.6 is 22.9 Å². The van der Waals surface area contributed by atoms with Crippen LogP contribution in [0.4, 0.5) is 10.2 Å². The zero-order valence-corrected chi connectivity index (χ0v) is 9.85. The summed E-state index contributed by atoms with van der Waals surface area (Å²) in [6.07, 6.45) is 3.92. The predicted octanol–water partition coefficient (Wildman–Crippen LogP) is 2.99. The zero-order valence-electron chi connectivity index (χ0n) is 8.28. The number of hydrogen-bond donors (Lipinski definition) is 1. The first kappa shape index (κ1) is 11.3. The van der Waals surface area contributed by atoms with Crippen LogP contribution in [0.15, 0.2) is 23.8 Å². The summed E-state index contributed by atoms with van der Waals surface area (Å²) in [6, 6.07) is 1.24. The van der Waals surface area contributed by atoms with Gasteiger partial charge in [-0.05, 0) is 6.07 Å². The lowest BCUT2D eigenvalue weighted by Crippen LogP contribution is -2.07. The molecule has 0 bridgehead atoms. The molecule has 0 aliphatic heterocycles. The zero-order chi connectivity index (χ0) is 11.4. The van der Waals surface area contributed by atoms with Gasteiger partial charge in [-0.3, -0.25) is 0 Å². The summed E-state index contributed by atoms with van der Waals surface area (Å²) in [7, 11) is 0. The standard InChI is InChI=1S/C10H9ClFN3S/c11-7-5-8(12)10(15-6-7)14-2-1-9-13-3-4-16-9/h3-6H,1-2H2,(H,14,15). The third-order valence-electron chi connectivity index (χ3n) is 1.92. The van der Waals surface area contributed by atoms with Gasteiger partial charge in [0.15, 0.2) is 11.6 Å². The van der Waals surface area contributed by atoms with E-state index in [4.69, 9.17) is 11.6 Å². The second kappa shape index (κ2) is 5.23. The SMILES string of the molecule is Fc1cc(Cl)cnc1NCCc1nccs1. The number of halogens is 2. The Bertz CT molecular complexity index is 461. The first-order valence-electron chi connectivity index (χ1n) is 4.69. The number of thiazole rings is 1. The van der Waals surface area contributed by atoms with Gasteiger partial charge in [0.2, 0.25) is 0 Å². The molecule has 2 heterocycles. The van der Waals surface area contributed by atoms with Crippen LogP contribution in [0.25, 0.3) is 0 Å². The van der Waals surface area contributed by atoms with Crippen LogP contribution < -0.4 is 5.32 Å². The molecule has 0 fully saturated rings. The van der Waals surface area contributed by atoms with Gasteiger partial charge in [-0.2, -0.15) is 0 Å². The Morgan fingerprint density at radius 2 is 2.31 bits per heavy atom. The largest absolute Gasteiger partial charge is 0.367 e. The molecule has 0 aliphatic carbocycles. The lowest BCUT2D eigenvalue weighted by molar-refractivity contribution is 0.624. The highest BCUT2D eigenvalue weighted by Gasteiger charge is 2.04. The molecule has 0 radical (unpaired) electrons. The van der Waals surface area contributed by atoms with Crippen molar-refractivity contribution in [2.45, 2.75) is 6.42 Å². The minimum absolute atomic E-state index is 0.223. The lowest BCUT2D eigenvalue weighted by Gasteiger charge is -2.05. The van der Waals surface area contributed by atoms with Crippen molar-refractivity contribution in [1.82, 2.24) is 9.97 Å². The molecule has 0 amide bonds. The van der Waals surface area contributed by atoms with Gasteiger partial charge in [-0.1, -0.05) is 11.6 Å². The summed E-state index contributed by atoms with van der Waals surface area (Å²) in [4.78, 5) is 7.99. The Morgan fingerprint density at radius 1 is 1.44 bits per heavy atom. The fraction of sp³-hybridized carbons (Fsp3) is 0.200. The molecule has 0 atom stereocenters. The van der Waals surface area contributed by atoms with Crippen molar-refractivity contribution in [3.8, 4) is 0 Å². The number of hydrogen-bond acceptors (Lipinski definition) is 4. The molecule has 0 aliphatic rings. The third-order valence-corrected chi connectivity index (χ3v) is 2.97. The van der Waals surface area contributed by atoms with Crippen LogP contribution in [-0.2, 0) is 6.42 Å². The van der Waals surface area contributed by atoms with Crippen LogP contribution in [0.3, 0.4) is 0 Å². The van der Waals surface area contributed by atoms with Crippen LogP contribution in [0.5, 0.6) is 0 Å². The van der Waals surface area contributed by atoms with Gasteiger partial charge in [0, 0.05) is 30.7 Å². The molecular formula is C10H9ClFN3S. The number of rotatable bonds is 4. The maximum absolute atomic E-state index is 13.3. The third kappa shape index (κ3) is 2.90. The molecule has 2 aromatic rings. The average molecular weight is 258 g/mol. The van der Waals surface area contributed by atoms with E-state index in [0.29, 0.717) is 11.6 Å². The molecular weight excluding hydrogens is 249 g/mol. The monoisotopic (exact) mass is 257 g/mol. The maximum atomic E-state index is 13.3. The van der Waals surface area contributed by atoms with Crippen LogP contribution in [0, 0.1) is 5.82 Å². The molecule has 0 spiro atoms. The van der Waals surface area contributed by atoms with Gasteiger partial charge in [0.1, 0.15) is 0 Å². The van der Waals surface area contributed by atoms with Crippen molar-refractivity contribution in [2.75, 3.05) is 11.9 Å². The summed E-state index contributed by atoms with van der Waals surface area (Å²) in [5, 5.41) is 6.12. The molecule has 2 rings (SSSR count). The van der Waals surface area contributed by atoms with E-state index in [1.807, 2.05) is 5.38 Å². The highest BCUT2D eigenvalue weighted by atomic mass is 35.5. The molecule has 0 aromatic carbocycles. The van der Waals surface area contributed by atoms with Crippen LogP contribution in [0.1, 0.15) is 5.01 Å². The van der Waals surface area contributed by atoms with E-state index < -0.39 is 5.82 Å². The average Bonchev–Trinajstić information content (AvgIpc) is 2.74. The van der Waals surface area contributed by atoms with E-state index in [-0.39, 0.29) is 5.82 Å². The summed E-state index contributed by atoms with van der Waals surface area (Å²) in [6.45, 7) is 0.596. The second-order valence-corrected chi connectivity index (χ2v) is 4.50. The van der Waals surface area contributed by atoms with Gasteiger partial charge < -0.3 is 5.32 Å². The second-order valence-electron chi connectivity index (χ2n) is 3.09. The van der Waals surface area contributed by atoms with E-state index in [0.717, 1.165) is 11.4 Å². The highest BCUT2D eigenvalue weighted by Crippen LogP contribution is 2.15. The lowest BCUT2D eigenvalue weighted by atomic mass is 10.4. The van der Waals surface area contributed by atoms with Crippen molar-refractivity contribution in [3.05, 3.63) is 39.7 Å². The summed E-state index contributed by atoms with van der Waals surface area (Å²) in [5.74, 6) is -0.215. The van der Waals surface area contributed by atoms with E-state index in [1.54, 1.807) is 17.5 Å². The van der Waals surface area contributed by atoms with Gasteiger partial charge in [-0.25, -0.2) is 14.4 Å². The van der Waals surface area contributed by atoms with E-state index in [2.05, 4.69) is 15.3 Å². The Kier molecular flexibility index (Phi) is 3.69. The first-order chi connectivity index (χ1) is 7.75.